The first-order valence-electron chi connectivity index (χ1n) is 8.91. The van der Waals surface area contributed by atoms with Gasteiger partial charge in [-0.15, -0.1) is 0 Å². The first-order chi connectivity index (χ1) is 12.3. The van der Waals surface area contributed by atoms with Gasteiger partial charge in [0.15, 0.2) is 0 Å². The average Bonchev–Trinajstić information content (AvgIpc) is 2.64. The maximum Gasteiger partial charge on any atom is 0.335 e. The van der Waals surface area contributed by atoms with Gasteiger partial charge in [0.25, 0.3) is 0 Å². The van der Waals surface area contributed by atoms with E-state index in [1.807, 2.05) is 12.1 Å². The molecule has 0 fully saturated rings. The molecule has 0 saturated carbocycles. The Balaban J connectivity index is 1.93. The lowest BCUT2D eigenvalue weighted by atomic mass is 9.97. The van der Waals surface area contributed by atoms with Crippen LogP contribution in [0.3, 0.4) is 0 Å². The third-order valence-electron chi connectivity index (χ3n) is 5.65. The van der Waals surface area contributed by atoms with E-state index in [1.165, 1.54) is 16.9 Å². The van der Waals surface area contributed by atoms with Gasteiger partial charge in [0.2, 0.25) is 0 Å². The third-order valence-corrected chi connectivity index (χ3v) is 5.65. The van der Waals surface area contributed by atoms with Crippen molar-refractivity contribution >= 4 is 29.0 Å². The summed E-state index contributed by atoms with van der Waals surface area (Å²) in [6.07, 6.45) is 2.09. The maximum atomic E-state index is 11.0. The number of carbonyl (C=O) groups is 1. The van der Waals surface area contributed by atoms with Crippen LogP contribution in [0.25, 0.3) is 11.6 Å². The van der Waals surface area contributed by atoms with E-state index in [4.69, 9.17) is 5.11 Å². The number of carboxylic acid groups (broad SMARTS) is 1. The van der Waals surface area contributed by atoms with Crippen molar-refractivity contribution in [2.24, 2.45) is 0 Å². The van der Waals surface area contributed by atoms with Crippen molar-refractivity contribution in [1.29, 1.82) is 0 Å². The number of anilines is 2. The minimum Gasteiger partial charge on any atom is -0.478 e. The molecule has 136 valence electrons. The monoisotopic (exact) mass is 350 g/mol. The van der Waals surface area contributed by atoms with Crippen molar-refractivity contribution in [1.82, 2.24) is 0 Å². The Labute approximate surface area is 155 Å². The largest absolute Gasteiger partial charge is 0.478 e. The molecule has 3 rings (SSSR count). The second kappa shape index (κ2) is 6.87. The van der Waals surface area contributed by atoms with Gasteiger partial charge in [-0.25, -0.2) is 4.79 Å². The van der Waals surface area contributed by atoms with Crippen LogP contribution >= 0.6 is 0 Å². The fourth-order valence-electron chi connectivity index (χ4n) is 3.49. The predicted molar refractivity (Wildman–Crippen MR) is 109 cm³/mol. The molecule has 0 bridgehead atoms. The van der Waals surface area contributed by atoms with Crippen molar-refractivity contribution in [3.8, 4) is 0 Å². The number of hydrogen-bond acceptors (Lipinski definition) is 3. The highest BCUT2D eigenvalue weighted by atomic mass is 16.4. The van der Waals surface area contributed by atoms with Crippen molar-refractivity contribution < 1.29 is 9.90 Å². The Kier molecular flexibility index (Phi) is 4.77. The molecule has 2 unspecified atom stereocenters. The molecule has 4 nitrogen and oxygen atoms in total. The van der Waals surface area contributed by atoms with E-state index in [-0.39, 0.29) is 0 Å². The summed E-state index contributed by atoms with van der Waals surface area (Å²) in [5.41, 5.74) is 6.12. The molecule has 2 atom stereocenters. The summed E-state index contributed by atoms with van der Waals surface area (Å²) >= 11 is 0. The summed E-state index contributed by atoms with van der Waals surface area (Å²) in [5, 5.41) is 9.01. The first-order valence-corrected chi connectivity index (χ1v) is 8.91. The van der Waals surface area contributed by atoms with Crippen LogP contribution in [0.1, 0.15) is 42.3 Å². The Morgan fingerprint density at radius 1 is 0.923 bits per heavy atom. The van der Waals surface area contributed by atoms with Crippen molar-refractivity contribution in [3.05, 3.63) is 59.2 Å². The molecule has 1 heterocycles. The lowest BCUT2D eigenvalue weighted by Gasteiger charge is -2.45. The predicted octanol–water partition coefficient (Wildman–Crippen LogP) is 4.61. The second-order valence-electron chi connectivity index (χ2n) is 7.16. The summed E-state index contributed by atoms with van der Waals surface area (Å²) in [7, 11) is 4.31. The van der Waals surface area contributed by atoms with Gasteiger partial charge in [-0.2, -0.15) is 0 Å². The lowest BCUT2D eigenvalue weighted by Crippen LogP contribution is -2.50. The van der Waals surface area contributed by atoms with E-state index in [0.29, 0.717) is 17.6 Å². The fraction of sp³-hybridized carbons (Fsp3) is 0.318. The van der Waals surface area contributed by atoms with E-state index in [9.17, 15) is 4.79 Å². The number of benzene rings is 2. The van der Waals surface area contributed by atoms with Gasteiger partial charge >= 0.3 is 5.97 Å². The standard InChI is InChI=1S/C22H26N2O2/c1-14(12-17-6-8-18(9-7-17)22(25)26)19-10-11-20-21(13-19)24(5)16(3)15(2)23(20)4/h6-13,15-16H,1-5H3,(H,25,26). The summed E-state index contributed by atoms with van der Waals surface area (Å²) in [6.45, 7) is 6.60. The Hall–Kier alpha value is -2.75. The molecule has 1 aliphatic heterocycles. The van der Waals surface area contributed by atoms with E-state index in [2.05, 4.69) is 68.9 Å². The molecule has 0 saturated heterocycles. The highest BCUT2D eigenvalue weighted by molar-refractivity contribution is 5.89. The highest BCUT2D eigenvalue weighted by Crippen LogP contribution is 2.38. The van der Waals surface area contributed by atoms with Gasteiger partial charge in [0.05, 0.1) is 16.9 Å². The van der Waals surface area contributed by atoms with Crippen molar-refractivity contribution in [2.45, 2.75) is 32.9 Å². The normalized spacial score (nSPS) is 20.1. The minimum absolute atomic E-state index is 0.307. The molecule has 2 aromatic carbocycles. The van der Waals surface area contributed by atoms with E-state index < -0.39 is 5.97 Å². The van der Waals surface area contributed by atoms with Gasteiger partial charge in [-0.05, 0) is 61.7 Å². The number of nitrogens with zero attached hydrogens (tertiary/aromatic N) is 2. The smallest absolute Gasteiger partial charge is 0.335 e. The van der Waals surface area contributed by atoms with Gasteiger partial charge < -0.3 is 14.9 Å². The van der Waals surface area contributed by atoms with Crippen LogP contribution in [0.4, 0.5) is 11.4 Å². The van der Waals surface area contributed by atoms with Gasteiger partial charge in [-0.1, -0.05) is 24.3 Å². The van der Waals surface area contributed by atoms with Crippen LogP contribution in [-0.2, 0) is 0 Å². The number of carboxylic acids is 1. The molecule has 1 N–H and O–H groups in total. The number of allylic oxidation sites excluding steroid dienone is 1. The summed E-state index contributed by atoms with van der Waals surface area (Å²) in [6, 6.07) is 14.5. The number of fused-ring (bicyclic) bond motifs is 1. The number of aromatic carboxylic acids is 1. The zero-order valence-electron chi connectivity index (χ0n) is 16.0. The van der Waals surface area contributed by atoms with Crippen LogP contribution in [0, 0.1) is 0 Å². The van der Waals surface area contributed by atoms with Crippen LogP contribution in [0.15, 0.2) is 42.5 Å². The Bertz CT molecular complexity index is 855. The first kappa shape index (κ1) is 18.1. The highest BCUT2D eigenvalue weighted by Gasteiger charge is 2.29. The quantitative estimate of drug-likeness (QED) is 0.821. The van der Waals surface area contributed by atoms with Gasteiger partial charge in [-0.3, -0.25) is 0 Å². The average molecular weight is 350 g/mol. The van der Waals surface area contributed by atoms with Crippen LogP contribution in [0.2, 0.25) is 0 Å². The third kappa shape index (κ3) is 3.19. The van der Waals surface area contributed by atoms with Gasteiger partial charge in [0.1, 0.15) is 0 Å². The van der Waals surface area contributed by atoms with E-state index in [0.717, 1.165) is 11.1 Å². The molecular formula is C22H26N2O2. The molecule has 4 heteroatoms. The van der Waals surface area contributed by atoms with Crippen LogP contribution in [-0.4, -0.2) is 37.3 Å². The minimum atomic E-state index is -0.901. The second-order valence-corrected chi connectivity index (χ2v) is 7.16. The summed E-state index contributed by atoms with van der Waals surface area (Å²) in [5.74, 6) is -0.901. The number of likely N-dealkylation sites (N-methyl/N-ethyl adjacent to an activating group) is 2. The molecule has 26 heavy (non-hydrogen) atoms. The molecule has 0 spiro atoms. The Morgan fingerprint density at radius 3 is 2.04 bits per heavy atom. The molecule has 1 aliphatic rings. The zero-order chi connectivity index (χ0) is 19.0. The lowest BCUT2D eigenvalue weighted by molar-refractivity contribution is 0.0697. The molecular weight excluding hydrogens is 324 g/mol. The van der Waals surface area contributed by atoms with Gasteiger partial charge in [0, 0.05) is 26.2 Å². The molecule has 0 amide bonds. The topological polar surface area (TPSA) is 43.8 Å². The summed E-state index contributed by atoms with van der Waals surface area (Å²) in [4.78, 5) is 15.7. The molecule has 0 radical (unpaired) electrons. The summed E-state index contributed by atoms with van der Waals surface area (Å²) < 4.78 is 0. The van der Waals surface area contributed by atoms with E-state index >= 15 is 0 Å². The van der Waals surface area contributed by atoms with Crippen LogP contribution in [0.5, 0.6) is 0 Å². The SMILES string of the molecule is CC(=Cc1ccc(C(=O)O)cc1)c1ccc2c(c1)N(C)C(C)C(C)N2C. The van der Waals surface area contributed by atoms with Crippen molar-refractivity contribution in [2.75, 3.05) is 23.9 Å². The van der Waals surface area contributed by atoms with Crippen molar-refractivity contribution in [3.63, 3.8) is 0 Å². The maximum absolute atomic E-state index is 11.0. The van der Waals surface area contributed by atoms with E-state index in [1.54, 1.807) is 12.1 Å². The number of rotatable bonds is 3. The molecule has 0 aliphatic carbocycles. The number of hydrogen-bond donors (Lipinski definition) is 1. The molecule has 0 aromatic heterocycles. The zero-order valence-corrected chi connectivity index (χ0v) is 16.0. The fourth-order valence-corrected chi connectivity index (χ4v) is 3.49. The Morgan fingerprint density at radius 2 is 1.46 bits per heavy atom. The van der Waals surface area contributed by atoms with Crippen LogP contribution < -0.4 is 9.80 Å². The molecule has 2 aromatic rings.